The number of piperazine rings is 1. The largest absolute Gasteiger partial charge is 0.314 e. The van der Waals surface area contributed by atoms with E-state index >= 15 is 0 Å². The highest BCUT2D eigenvalue weighted by Crippen LogP contribution is 2.27. The quantitative estimate of drug-likeness (QED) is 0.925. The summed E-state index contributed by atoms with van der Waals surface area (Å²) < 4.78 is 3.12. The van der Waals surface area contributed by atoms with Crippen LogP contribution in [0.25, 0.3) is 0 Å². The fourth-order valence-electron chi connectivity index (χ4n) is 2.98. The molecule has 0 bridgehead atoms. The molecule has 1 saturated heterocycles. The van der Waals surface area contributed by atoms with Crippen molar-refractivity contribution in [3.63, 3.8) is 0 Å². The number of nitrogens with one attached hydrogen (secondary N) is 1. The number of benzene rings is 1. The van der Waals surface area contributed by atoms with E-state index in [0.29, 0.717) is 6.04 Å². The van der Waals surface area contributed by atoms with Gasteiger partial charge in [0, 0.05) is 39.3 Å². The molecule has 2 heterocycles. The average Bonchev–Trinajstić information content (AvgIpc) is 2.75. The third-order valence-corrected chi connectivity index (χ3v) is 5.18. The molecule has 0 saturated carbocycles. The number of nitrogens with zero attached hydrogens (tertiary/aromatic N) is 3. The Morgan fingerprint density at radius 3 is 2.76 bits per heavy atom. The molecule has 4 nitrogen and oxygen atoms in total. The van der Waals surface area contributed by atoms with Crippen LogP contribution in [0, 0.1) is 6.92 Å². The molecule has 2 aromatic rings. The van der Waals surface area contributed by atoms with Gasteiger partial charge in [0.05, 0.1) is 15.9 Å². The van der Waals surface area contributed by atoms with E-state index in [4.69, 9.17) is 0 Å². The molecule has 1 atom stereocenters. The van der Waals surface area contributed by atoms with E-state index < -0.39 is 0 Å². The van der Waals surface area contributed by atoms with Crippen molar-refractivity contribution in [2.75, 3.05) is 19.6 Å². The molecule has 3 rings (SSSR count). The standard InChI is InChI=1S/C16H21BrN4/c1-12-16(17)15(20(2)19-12)11-21-9-8-18-10-14(21)13-6-4-3-5-7-13/h3-7,14,18H,8-11H2,1-2H3. The van der Waals surface area contributed by atoms with E-state index in [1.807, 2.05) is 18.7 Å². The first-order valence-electron chi connectivity index (χ1n) is 7.34. The van der Waals surface area contributed by atoms with Gasteiger partial charge in [-0.2, -0.15) is 5.10 Å². The Morgan fingerprint density at radius 2 is 2.10 bits per heavy atom. The predicted octanol–water partition coefficient (Wildman–Crippen LogP) is 2.64. The number of aromatic nitrogens is 2. The van der Waals surface area contributed by atoms with Crippen LogP contribution in [0.15, 0.2) is 34.8 Å². The van der Waals surface area contributed by atoms with Crippen molar-refractivity contribution < 1.29 is 0 Å². The maximum atomic E-state index is 4.50. The van der Waals surface area contributed by atoms with Crippen LogP contribution in [-0.2, 0) is 13.6 Å². The van der Waals surface area contributed by atoms with E-state index in [1.54, 1.807) is 0 Å². The first-order chi connectivity index (χ1) is 10.2. The first-order valence-corrected chi connectivity index (χ1v) is 8.14. The van der Waals surface area contributed by atoms with Crippen molar-refractivity contribution >= 4 is 15.9 Å². The molecule has 1 aliphatic heterocycles. The Bertz CT molecular complexity index is 608. The maximum Gasteiger partial charge on any atom is 0.0739 e. The number of hydrogen-bond acceptors (Lipinski definition) is 3. The summed E-state index contributed by atoms with van der Waals surface area (Å²) in [7, 11) is 2.02. The van der Waals surface area contributed by atoms with Crippen LogP contribution in [-0.4, -0.2) is 34.3 Å². The summed E-state index contributed by atoms with van der Waals surface area (Å²) in [5, 5.41) is 8.01. The maximum absolute atomic E-state index is 4.50. The lowest BCUT2D eigenvalue weighted by Crippen LogP contribution is -2.45. The summed E-state index contributed by atoms with van der Waals surface area (Å²) in [6.45, 7) is 6.05. The van der Waals surface area contributed by atoms with Crippen LogP contribution < -0.4 is 5.32 Å². The topological polar surface area (TPSA) is 33.1 Å². The van der Waals surface area contributed by atoms with Crippen molar-refractivity contribution in [3.05, 3.63) is 51.8 Å². The van der Waals surface area contributed by atoms with Crippen molar-refractivity contribution in [2.24, 2.45) is 7.05 Å². The molecule has 0 radical (unpaired) electrons. The van der Waals surface area contributed by atoms with Gasteiger partial charge in [-0.15, -0.1) is 0 Å². The molecular weight excluding hydrogens is 328 g/mol. The molecule has 0 aliphatic carbocycles. The fourth-order valence-corrected chi connectivity index (χ4v) is 3.45. The minimum absolute atomic E-state index is 0.419. The molecule has 21 heavy (non-hydrogen) atoms. The molecule has 1 aromatic heterocycles. The summed E-state index contributed by atoms with van der Waals surface area (Å²) >= 11 is 3.68. The van der Waals surface area contributed by atoms with Crippen LogP contribution in [0.1, 0.15) is 23.0 Å². The summed E-state index contributed by atoms with van der Waals surface area (Å²) in [6, 6.07) is 11.2. The van der Waals surface area contributed by atoms with Gasteiger partial charge in [-0.05, 0) is 28.4 Å². The van der Waals surface area contributed by atoms with Gasteiger partial charge in [0.15, 0.2) is 0 Å². The molecule has 0 amide bonds. The molecule has 0 spiro atoms. The summed E-state index contributed by atoms with van der Waals surface area (Å²) in [5.41, 5.74) is 3.67. The lowest BCUT2D eigenvalue weighted by atomic mass is 10.0. The second kappa shape index (κ2) is 6.30. The molecule has 1 aliphatic rings. The van der Waals surface area contributed by atoms with Gasteiger partial charge in [-0.25, -0.2) is 0 Å². The van der Waals surface area contributed by atoms with Crippen molar-refractivity contribution in [1.29, 1.82) is 0 Å². The highest BCUT2D eigenvalue weighted by atomic mass is 79.9. The highest BCUT2D eigenvalue weighted by Gasteiger charge is 2.25. The van der Waals surface area contributed by atoms with Crippen molar-refractivity contribution in [1.82, 2.24) is 20.0 Å². The number of halogens is 1. The number of hydrogen-bond donors (Lipinski definition) is 1. The van der Waals surface area contributed by atoms with Gasteiger partial charge in [0.25, 0.3) is 0 Å². The lowest BCUT2D eigenvalue weighted by Gasteiger charge is -2.36. The second-order valence-corrected chi connectivity index (χ2v) is 6.36. The number of aryl methyl sites for hydroxylation is 2. The number of rotatable bonds is 3. The fraction of sp³-hybridized carbons (Fsp3) is 0.438. The van der Waals surface area contributed by atoms with E-state index in [-0.39, 0.29) is 0 Å². The normalized spacial score (nSPS) is 19.9. The van der Waals surface area contributed by atoms with E-state index in [1.165, 1.54) is 11.3 Å². The Kier molecular flexibility index (Phi) is 4.42. The van der Waals surface area contributed by atoms with Gasteiger partial charge in [-0.3, -0.25) is 9.58 Å². The Hall–Kier alpha value is -1.17. The SMILES string of the molecule is Cc1nn(C)c(CN2CCNCC2c2ccccc2)c1Br. The monoisotopic (exact) mass is 348 g/mol. The summed E-state index contributed by atoms with van der Waals surface area (Å²) in [5.74, 6) is 0. The van der Waals surface area contributed by atoms with Crippen LogP contribution in [0.2, 0.25) is 0 Å². The minimum atomic E-state index is 0.419. The van der Waals surface area contributed by atoms with Crippen LogP contribution in [0.4, 0.5) is 0 Å². The third-order valence-electron chi connectivity index (χ3n) is 4.15. The molecule has 5 heteroatoms. The van der Waals surface area contributed by atoms with E-state index in [9.17, 15) is 0 Å². The van der Waals surface area contributed by atoms with Crippen LogP contribution in [0.3, 0.4) is 0 Å². The second-order valence-electron chi connectivity index (χ2n) is 5.57. The van der Waals surface area contributed by atoms with Crippen molar-refractivity contribution in [2.45, 2.75) is 19.5 Å². The van der Waals surface area contributed by atoms with Gasteiger partial charge in [0.2, 0.25) is 0 Å². The molecule has 1 fully saturated rings. The van der Waals surface area contributed by atoms with Crippen molar-refractivity contribution in [3.8, 4) is 0 Å². The van der Waals surface area contributed by atoms with Gasteiger partial charge in [-0.1, -0.05) is 30.3 Å². The van der Waals surface area contributed by atoms with Gasteiger partial charge in [0.1, 0.15) is 0 Å². The molecule has 1 unspecified atom stereocenters. The predicted molar refractivity (Wildman–Crippen MR) is 88.1 cm³/mol. The zero-order valence-corrected chi connectivity index (χ0v) is 14.1. The molecule has 1 aromatic carbocycles. The third kappa shape index (κ3) is 3.05. The Morgan fingerprint density at radius 1 is 1.33 bits per heavy atom. The van der Waals surface area contributed by atoms with E-state index in [0.717, 1.165) is 36.3 Å². The molecular formula is C16H21BrN4. The lowest BCUT2D eigenvalue weighted by molar-refractivity contribution is 0.149. The van der Waals surface area contributed by atoms with Crippen LogP contribution >= 0.6 is 15.9 Å². The highest BCUT2D eigenvalue weighted by molar-refractivity contribution is 9.10. The molecule has 1 N–H and O–H groups in total. The smallest absolute Gasteiger partial charge is 0.0739 e. The van der Waals surface area contributed by atoms with Gasteiger partial charge < -0.3 is 5.32 Å². The summed E-state index contributed by atoms with van der Waals surface area (Å²) in [6.07, 6.45) is 0. The Balaban J connectivity index is 1.85. The zero-order valence-electron chi connectivity index (χ0n) is 12.5. The molecule has 112 valence electrons. The van der Waals surface area contributed by atoms with Crippen LogP contribution in [0.5, 0.6) is 0 Å². The van der Waals surface area contributed by atoms with Gasteiger partial charge >= 0.3 is 0 Å². The van der Waals surface area contributed by atoms with E-state index in [2.05, 4.69) is 61.6 Å². The minimum Gasteiger partial charge on any atom is -0.314 e. The zero-order chi connectivity index (χ0) is 14.8. The average molecular weight is 349 g/mol. The summed E-state index contributed by atoms with van der Waals surface area (Å²) in [4.78, 5) is 2.53. The first kappa shape index (κ1) is 14.8. The Labute approximate surface area is 134 Å².